The van der Waals surface area contributed by atoms with Crippen molar-refractivity contribution in [1.82, 2.24) is 29.8 Å². The predicted octanol–water partition coefficient (Wildman–Crippen LogP) is 3.28. The third-order valence-corrected chi connectivity index (χ3v) is 4.29. The second kappa shape index (κ2) is 6.60. The van der Waals surface area contributed by atoms with Gasteiger partial charge in [-0.3, -0.25) is 0 Å². The van der Waals surface area contributed by atoms with E-state index in [2.05, 4.69) is 20.4 Å². The van der Waals surface area contributed by atoms with Crippen molar-refractivity contribution >= 4 is 22.6 Å². The third-order valence-electron chi connectivity index (χ3n) is 4.04. The van der Waals surface area contributed by atoms with E-state index in [4.69, 9.17) is 11.6 Å². The normalized spacial score (nSPS) is 12.6. The molecule has 0 unspecified atom stereocenters. The molecule has 1 atom stereocenters. The highest BCUT2D eigenvalue weighted by atomic mass is 35.5. The maximum absolute atomic E-state index is 12.7. The summed E-state index contributed by atoms with van der Waals surface area (Å²) in [6.45, 7) is -0.318. The molecule has 0 saturated heterocycles. The largest absolute Gasteiger partial charge is 0.249 e. The van der Waals surface area contributed by atoms with E-state index in [1.807, 2.05) is 42.5 Å². The molecular weight excluding hydrogens is 342 g/mol. The van der Waals surface area contributed by atoms with E-state index in [9.17, 15) is 4.39 Å². The van der Waals surface area contributed by atoms with Crippen LogP contribution in [-0.2, 0) is 6.54 Å². The molecule has 4 rings (SSSR count). The Kier molecular flexibility index (Phi) is 4.15. The van der Waals surface area contributed by atoms with E-state index in [0.29, 0.717) is 5.02 Å². The summed E-state index contributed by atoms with van der Waals surface area (Å²) in [6.07, 6.45) is 3.16. The molecule has 0 aliphatic carbocycles. The van der Waals surface area contributed by atoms with E-state index < -0.39 is 6.67 Å². The molecule has 2 aromatic heterocycles. The Bertz CT molecular complexity index is 980. The molecule has 2 aromatic carbocycles. The fraction of sp³-hybridized carbons (Fsp3) is 0.176. The number of rotatable bonds is 5. The van der Waals surface area contributed by atoms with Crippen LogP contribution in [0.15, 0.2) is 55.1 Å². The van der Waals surface area contributed by atoms with Gasteiger partial charge in [0.15, 0.2) is 0 Å². The van der Waals surface area contributed by atoms with Crippen molar-refractivity contribution in [2.75, 3.05) is 6.67 Å². The maximum atomic E-state index is 12.7. The lowest BCUT2D eigenvalue weighted by Gasteiger charge is -2.18. The van der Waals surface area contributed by atoms with Crippen molar-refractivity contribution in [3.8, 4) is 0 Å². The molecule has 4 aromatic rings. The van der Waals surface area contributed by atoms with Gasteiger partial charge in [0.1, 0.15) is 30.9 Å². The Morgan fingerprint density at radius 2 is 1.88 bits per heavy atom. The molecule has 2 heterocycles. The summed E-state index contributed by atoms with van der Waals surface area (Å²) in [5.41, 5.74) is 3.50. The number of alkyl halides is 1. The standard InChI is InChI=1S/C17H14ClFN6/c18-14-4-1-12(2-5-14)17(25-11-20-10-21-25)13-3-6-15-16(9-13)24(8-7-19)23-22-15/h1-6,9-11,17H,7-8H2/t17-/m0/s1/i19-1. The molecule has 0 amide bonds. The first kappa shape index (κ1) is 15.7. The van der Waals surface area contributed by atoms with E-state index in [-0.39, 0.29) is 12.6 Å². The monoisotopic (exact) mass is 355 g/mol. The minimum Gasteiger partial charge on any atom is -0.249 e. The maximum Gasteiger partial charge on any atom is 0.137 e. The Hall–Kier alpha value is -2.80. The van der Waals surface area contributed by atoms with E-state index in [1.54, 1.807) is 15.7 Å². The lowest BCUT2D eigenvalue weighted by atomic mass is 9.98. The SMILES string of the molecule is [18F]CCn1nnc2ccc([C@H](c3ccc(Cl)cc3)n3cncn3)cc21. The molecule has 0 aliphatic rings. The number of benzene rings is 2. The minimum absolute atomic E-state index is 0.175. The zero-order chi connectivity index (χ0) is 17.2. The molecule has 0 radical (unpaired) electrons. The van der Waals surface area contributed by atoms with Crippen molar-refractivity contribution in [1.29, 1.82) is 0 Å². The summed E-state index contributed by atoms with van der Waals surface area (Å²) < 4.78 is 16.1. The highest BCUT2D eigenvalue weighted by Gasteiger charge is 2.19. The van der Waals surface area contributed by atoms with Crippen molar-refractivity contribution < 1.29 is 4.39 Å². The van der Waals surface area contributed by atoms with Gasteiger partial charge in [-0.1, -0.05) is 35.0 Å². The van der Waals surface area contributed by atoms with Gasteiger partial charge >= 0.3 is 0 Å². The van der Waals surface area contributed by atoms with Crippen molar-refractivity contribution in [2.45, 2.75) is 12.6 Å². The third kappa shape index (κ3) is 2.98. The van der Waals surface area contributed by atoms with Gasteiger partial charge in [-0.05, 0) is 35.4 Å². The Labute approximate surface area is 147 Å². The van der Waals surface area contributed by atoms with Crippen LogP contribution in [0.5, 0.6) is 0 Å². The summed E-state index contributed by atoms with van der Waals surface area (Å²) >= 11 is 6.02. The number of fused-ring (bicyclic) bond motifs is 1. The van der Waals surface area contributed by atoms with E-state index >= 15 is 0 Å². The number of hydrogen-bond donors (Lipinski definition) is 0. The van der Waals surface area contributed by atoms with Crippen molar-refractivity contribution in [2.24, 2.45) is 0 Å². The summed E-state index contributed by atoms with van der Waals surface area (Å²) in [6, 6.07) is 13.2. The van der Waals surface area contributed by atoms with Gasteiger partial charge in [0, 0.05) is 5.02 Å². The Morgan fingerprint density at radius 3 is 2.60 bits per heavy atom. The quantitative estimate of drug-likeness (QED) is 0.551. The Morgan fingerprint density at radius 1 is 1.08 bits per heavy atom. The van der Waals surface area contributed by atoms with E-state index in [1.165, 1.54) is 6.33 Å². The molecule has 25 heavy (non-hydrogen) atoms. The average molecular weight is 356 g/mol. The average Bonchev–Trinajstić information content (AvgIpc) is 3.28. The number of hydrogen-bond acceptors (Lipinski definition) is 4. The second-order valence-electron chi connectivity index (χ2n) is 5.58. The number of halogens is 2. The van der Waals surface area contributed by atoms with Crippen LogP contribution in [0, 0.1) is 0 Å². The fourth-order valence-corrected chi connectivity index (χ4v) is 3.02. The summed E-state index contributed by atoms with van der Waals surface area (Å²) in [5.74, 6) is 0. The van der Waals surface area contributed by atoms with Crippen LogP contribution in [0.25, 0.3) is 11.0 Å². The van der Waals surface area contributed by atoms with E-state index in [0.717, 1.165) is 22.2 Å². The smallest absolute Gasteiger partial charge is 0.137 e. The van der Waals surface area contributed by atoms with Crippen LogP contribution in [0.4, 0.5) is 4.39 Å². The Balaban J connectivity index is 1.85. The molecule has 0 saturated carbocycles. The summed E-state index contributed by atoms with van der Waals surface area (Å²) in [7, 11) is 0. The fourth-order valence-electron chi connectivity index (χ4n) is 2.89. The van der Waals surface area contributed by atoms with Crippen LogP contribution in [0.1, 0.15) is 17.2 Å². The number of nitrogens with zero attached hydrogens (tertiary/aromatic N) is 6. The minimum atomic E-state index is -0.494. The van der Waals surface area contributed by atoms with Crippen LogP contribution in [0.3, 0.4) is 0 Å². The highest BCUT2D eigenvalue weighted by Crippen LogP contribution is 2.28. The number of aryl methyl sites for hydroxylation is 1. The van der Waals surface area contributed by atoms with Crippen molar-refractivity contribution in [3.05, 3.63) is 71.3 Å². The van der Waals surface area contributed by atoms with Gasteiger partial charge in [0.25, 0.3) is 0 Å². The lowest BCUT2D eigenvalue weighted by molar-refractivity contribution is 0.427. The van der Waals surface area contributed by atoms with Gasteiger partial charge in [0.05, 0.1) is 12.1 Å². The molecule has 126 valence electrons. The second-order valence-corrected chi connectivity index (χ2v) is 6.02. The zero-order valence-corrected chi connectivity index (χ0v) is 13.9. The van der Waals surface area contributed by atoms with Gasteiger partial charge in [-0.25, -0.2) is 18.7 Å². The van der Waals surface area contributed by atoms with Crippen LogP contribution < -0.4 is 0 Å². The van der Waals surface area contributed by atoms with Crippen LogP contribution in [-0.4, -0.2) is 36.4 Å². The summed E-state index contributed by atoms with van der Waals surface area (Å²) in [5, 5.41) is 13.0. The zero-order valence-electron chi connectivity index (χ0n) is 13.1. The molecule has 6 nitrogen and oxygen atoms in total. The van der Waals surface area contributed by atoms with Crippen LogP contribution in [0.2, 0.25) is 5.02 Å². The molecule has 0 aliphatic heterocycles. The van der Waals surface area contributed by atoms with Crippen molar-refractivity contribution in [3.63, 3.8) is 0 Å². The van der Waals surface area contributed by atoms with Gasteiger partial charge < -0.3 is 0 Å². The molecule has 0 bridgehead atoms. The topological polar surface area (TPSA) is 61.4 Å². The molecular formula is C17H14ClFN6. The van der Waals surface area contributed by atoms with Gasteiger partial charge in [0.2, 0.25) is 0 Å². The van der Waals surface area contributed by atoms with Gasteiger partial charge in [-0.2, -0.15) is 5.10 Å². The highest BCUT2D eigenvalue weighted by molar-refractivity contribution is 6.30. The molecule has 0 N–H and O–H groups in total. The predicted molar refractivity (Wildman–Crippen MR) is 92.2 cm³/mol. The molecule has 0 fully saturated rings. The summed E-state index contributed by atoms with van der Waals surface area (Å²) in [4.78, 5) is 4.06. The molecule has 0 spiro atoms. The van der Waals surface area contributed by atoms with Crippen LogP contribution >= 0.6 is 11.6 Å². The van der Waals surface area contributed by atoms with Gasteiger partial charge in [-0.15, -0.1) is 5.10 Å². The first-order valence-electron chi connectivity index (χ1n) is 7.75. The lowest BCUT2D eigenvalue weighted by Crippen LogP contribution is -2.13. The molecule has 8 heteroatoms. The first-order valence-corrected chi connectivity index (χ1v) is 8.13. The number of aromatic nitrogens is 6. The first-order chi connectivity index (χ1) is 12.3.